The molecule has 1 saturated carbocycles. The molecule has 4 heteroatoms. The molecule has 3 nitrogen and oxygen atoms in total. The number of carbonyl (C=O) groups is 1. The maximum absolute atomic E-state index is 12.7. The smallest absolute Gasteiger partial charge is 0.224 e. The molecule has 0 aromatic carbocycles. The number of nitrogens with two attached hydrogens (primary N) is 1. The van der Waals surface area contributed by atoms with Gasteiger partial charge in [0, 0.05) is 21.7 Å². The van der Waals surface area contributed by atoms with E-state index >= 15 is 0 Å². The Morgan fingerprint density at radius 1 is 1.43 bits per heavy atom. The highest BCUT2D eigenvalue weighted by atomic mass is 32.1. The molecule has 1 aliphatic carbocycles. The van der Waals surface area contributed by atoms with E-state index in [0.717, 1.165) is 12.8 Å². The van der Waals surface area contributed by atoms with Gasteiger partial charge in [-0.2, -0.15) is 0 Å². The van der Waals surface area contributed by atoms with Crippen LogP contribution < -0.4 is 11.1 Å². The van der Waals surface area contributed by atoms with E-state index in [1.165, 1.54) is 9.75 Å². The van der Waals surface area contributed by atoms with Crippen molar-refractivity contribution in [3.05, 3.63) is 21.9 Å². The van der Waals surface area contributed by atoms with Crippen LogP contribution in [-0.4, -0.2) is 11.9 Å². The largest absolute Gasteiger partial charge is 0.349 e. The molecule has 4 unspecified atom stereocenters. The molecule has 0 aliphatic heterocycles. The summed E-state index contributed by atoms with van der Waals surface area (Å²) in [5, 5.41) is 3.20. The maximum atomic E-state index is 12.7. The van der Waals surface area contributed by atoms with Crippen LogP contribution >= 0.6 is 11.3 Å². The van der Waals surface area contributed by atoms with Crippen LogP contribution in [-0.2, 0) is 4.79 Å². The maximum Gasteiger partial charge on any atom is 0.224 e. The molecule has 0 spiro atoms. The zero-order valence-electron chi connectivity index (χ0n) is 13.8. The highest BCUT2D eigenvalue weighted by Gasteiger charge is 2.45. The van der Waals surface area contributed by atoms with E-state index in [1.54, 1.807) is 11.3 Å². The molecule has 1 aromatic rings. The molecule has 21 heavy (non-hydrogen) atoms. The fourth-order valence-electron chi connectivity index (χ4n) is 3.39. The van der Waals surface area contributed by atoms with Crippen molar-refractivity contribution in [3.63, 3.8) is 0 Å². The summed E-state index contributed by atoms with van der Waals surface area (Å²) in [6, 6.07) is 4.50. The first-order valence-electron chi connectivity index (χ1n) is 7.85. The Kier molecular flexibility index (Phi) is 4.79. The number of hydrogen-bond donors (Lipinski definition) is 2. The van der Waals surface area contributed by atoms with E-state index in [1.807, 2.05) is 0 Å². The van der Waals surface area contributed by atoms with Crippen molar-refractivity contribution >= 4 is 17.2 Å². The first kappa shape index (κ1) is 16.5. The predicted molar refractivity (Wildman–Crippen MR) is 89.3 cm³/mol. The van der Waals surface area contributed by atoms with Gasteiger partial charge in [0.25, 0.3) is 0 Å². The van der Waals surface area contributed by atoms with Crippen LogP contribution in [0.4, 0.5) is 0 Å². The van der Waals surface area contributed by atoms with Gasteiger partial charge in [0.1, 0.15) is 0 Å². The van der Waals surface area contributed by atoms with Crippen LogP contribution in [0.2, 0.25) is 0 Å². The summed E-state index contributed by atoms with van der Waals surface area (Å²) in [4.78, 5) is 15.2. The van der Waals surface area contributed by atoms with E-state index in [4.69, 9.17) is 5.73 Å². The van der Waals surface area contributed by atoms with Gasteiger partial charge >= 0.3 is 0 Å². The number of aryl methyl sites for hydroxylation is 1. The molecule has 1 aliphatic rings. The van der Waals surface area contributed by atoms with E-state index in [-0.39, 0.29) is 29.3 Å². The summed E-state index contributed by atoms with van der Waals surface area (Å²) in [5.41, 5.74) is 6.13. The van der Waals surface area contributed by atoms with E-state index in [9.17, 15) is 4.79 Å². The average molecular weight is 308 g/mol. The fraction of sp³-hybridized carbons (Fsp3) is 0.706. The minimum absolute atomic E-state index is 0.0488. The molecule has 1 aromatic heterocycles. The van der Waals surface area contributed by atoms with Crippen LogP contribution in [0.1, 0.15) is 56.3 Å². The molecular formula is C17H28N2OS. The molecule has 4 atom stereocenters. The molecule has 3 N–H and O–H groups in total. The Balaban J connectivity index is 2.06. The van der Waals surface area contributed by atoms with Crippen LogP contribution in [0.15, 0.2) is 12.1 Å². The fourth-order valence-corrected chi connectivity index (χ4v) is 4.27. The normalized spacial score (nSPS) is 29.9. The third-order valence-electron chi connectivity index (χ3n) is 5.37. The second kappa shape index (κ2) is 6.09. The number of nitrogens with one attached hydrogen (secondary N) is 1. The molecule has 2 rings (SSSR count). The molecule has 118 valence electrons. The zero-order valence-corrected chi connectivity index (χ0v) is 14.6. The number of hydrogen-bond acceptors (Lipinski definition) is 3. The Morgan fingerprint density at radius 2 is 2.10 bits per heavy atom. The second-order valence-electron chi connectivity index (χ2n) is 7.08. The third-order valence-corrected chi connectivity index (χ3v) is 6.55. The van der Waals surface area contributed by atoms with Gasteiger partial charge in [-0.25, -0.2) is 0 Å². The SMILES string of the molecule is Cc1ccc(C(C)NC(=O)C2CCC(N)C(C)C2(C)C)s1. The lowest BCUT2D eigenvalue weighted by atomic mass is 9.61. The summed E-state index contributed by atoms with van der Waals surface area (Å²) >= 11 is 1.75. The quantitative estimate of drug-likeness (QED) is 0.896. The number of thiophene rings is 1. The number of carbonyl (C=O) groups excluding carboxylic acids is 1. The summed E-state index contributed by atoms with van der Waals surface area (Å²) in [6.45, 7) is 10.7. The van der Waals surface area contributed by atoms with Crippen molar-refractivity contribution in [1.82, 2.24) is 5.32 Å². The third kappa shape index (κ3) is 3.32. The van der Waals surface area contributed by atoms with Crippen LogP contribution in [0.3, 0.4) is 0 Å². The predicted octanol–water partition coefficient (Wildman–Crippen LogP) is 3.63. The van der Waals surface area contributed by atoms with E-state index in [0.29, 0.717) is 5.92 Å². The topological polar surface area (TPSA) is 55.1 Å². The number of rotatable bonds is 3. The molecule has 1 heterocycles. The Labute approximate surface area is 132 Å². The van der Waals surface area contributed by atoms with Crippen LogP contribution in [0, 0.1) is 24.2 Å². The van der Waals surface area contributed by atoms with Crippen molar-refractivity contribution in [3.8, 4) is 0 Å². The van der Waals surface area contributed by atoms with Crippen molar-refractivity contribution < 1.29 is 4.79 Å². The summed E-state index contributed by atoms with van der Waals surface area (Å²) in [5.74, 6) is 0.592. The first-order valence-corrected chi connectivity index (χ1v) is 8.67. The minimum atomic E-state index is -0.0488. The van der Waals surface area contributed by atoms with E-state index < -0.39 is 0 Å². The Bertz CT molecular complexity index is 509. The van der Waals surface area contributed by atoms with Crippen LogP contribution in [0.5, 0.6) is 0 Å². The van der Waals surface area contributed by atoms with Gasteiger partial charge < -0.3 is 11.1 Å². The molecule has 0 radical (unpaired) electrons. The van der Waals surface area contributed by atoms with Gasteiger partial charge in [-0.1, -0.05) is 20.8 Å². The highest BCUT2D eigenvalue weighted by Crippen LogP contribution is 2.44. The lowest BCUT2D eigenvalue weighted by Gasteiger charge is -2.46. The number of amides is 1. The lowest BCUT2D eigenvalue weighted by molar-refractivity contribution is -0.133. The lowest BCUT2D eigenvalue weighted by Crippen LogP contribution is -2.51. The first-order chi connectivity index (χ1) is 9.73. The van der Waals surface area contributed by atoms with Gasteiger partial charge in [0.2, 0.25) is 5.91 Å². The second-order valence-corrected chi connectivity index (χ2v) is 8.40. The van der Waals surface area contributed by atoms with Gasteiger partial charge in [-0.3, -0.25) is 4.79 Å². The minimum Gasteiger partial charge on any atom is -0.349 e. The standard InChI is InChI=1S/C17H28N2OS/c1-10-6-9-15(21-10)12(3)19-16(20)13-7-8-14(18)11(2)17(13,4)5/h6,9,11-14H,7-8,18H2,1-5H3,(H,19,20). The molecule has 1 amide bonds. The van der Waals surface area contributed by atoms with Crippen molar-refractivity contribution in [2.75, 3.05) is 0 Å². The highest BCUT2D eigenvalue weighted by molar-refractivity contribution is 7.12. The van der Waals surface area contributed by atoms with Crippen molar-refractivity contribution in [1.29, 1.82) is 0 Å². The van der Waals surface area contributed by atoms with Crippen LogP contribution in [0.25, 0.3) is 0 Å². The van der Waals surface area contributed by atoms with Gasteiger partial charge in [-0.15, -0.1) is 11.3 Å². The monoisotopic (exact) mass is 308 g/mol. The van der Waals surface area contributed by atoms with Gasteiger partial charge in [0.15, 0.2) is 0 Å². The van der Waals surface area contributed by atoms with E-state index in [2.05, 4.69) is 52.1 Å². The summed E-state index contributed by atoms with van der Waals surface area (Å²) in [6.07, 6.45) is 1.83. The van der Waals surface area contributed by atoms with Gasteiger partial charge in [-0.05, 0) is 50.2 Å². The van der Waals surface area contributed by atoms with Gasteiger partial charge in [0.05, 0.1) is 6.04 Å². The summed E-state index contributed by atoms with van der Waals surface area (Å²) < 4.78 is 0. The van der Waals surface area contributed by atoms with Crippen molar-refractivity contribution in [2.24, 2.45) is 23.0 Å². The average Bonchev–Trinajstić information content (AvgIpc) is 2.82. The molecule has 0 saturated heterocycles. The zero-order chi connectivity index (χ0) is 15.8. The Morgan fingerprint density at radius 3 is 2.67 bits per heavy atom. The van der Waals surface area contributed by atoms with Crippen molar-refractivity contribution in [2.45, 2.75) is 59.5 Å². The summed E-state index contributed by atoms with van der Waals surface area (Å²) in [7, 11) is 0. The molecular weight excluding hydrogens is 280 g/mol. The molecule has 0 bridgehead atoms. The molecule has 1 fully saturated rings. The Hall–Kier alpha value is -0.870.